The Hall–Kier alpha value is -2.37. The van der Waals surface area contributed by atoms with E-state index in [4.69, 9.17) is 11.5 Å². The van der Waals surface area contributed by atoms with Gasteiger partial charge in [-0.3, -0.25) is 9.79 Å². The van der Waals surface area contributed by atoms with Crippen LogP contribution in [0.15, 0.2) is 23.5 Å². The molecule has 1 rings (SSSR count). The number of nitrogens with zero attached hydrogens (tertiary/aromatic N) is 2. The number of aliphatic imine (C=N–C) groups is 1. The quantitative estimate of drug-likeness (QED) is 0.640. The van der Waals surface area contributed by atoms with Crippen LogP contribution in [0.5, 0.6) is 0 Å². The van der Waals surface area contributed by atoms with Crippen LogP contribution in [0.2, 0.25) is 0 Å². The summed E-state index contributed by atoms with van der Waals surface area (Å²) in [5.74, 6) is -0.112. The van der Waals surface area contributed by atoms with Crippen molar-refractivity contribution >= 4 is 23.5 Å². The number of amides is 1. The molecule has 90 valence electrons. The molecule has 5 N–H and O–H groups in total. The van der Waals surface area contributed by atoms with Gasteiger partial charge in [0, 0.05) is 43.8 Å². The van der Waals surface area contributed by atoms with Crippen molar-refractivity contribution in [3.8, 4) is 0 Å². The highest BCUT2D eigenvalue weighted by atomic mass is 16.1. The van der Waals surface area contributed by atoms with Crippen molar-refractivity contribution in [1.82, 2.24) is 10.3 Å². The third-order valence-electron chi connectivity index (χ3n) is 2.17. The number of rotatable bonds is 3. The van der Waals surface area contributed by atoms with Gasteiger partial charge < -0.3 is 16.8 Å². The maximum Gasteiger partial charge on any atom is 0.254 e. The normalized spacial score (nSPS) is 11.8. The average Bonchev–Trinajstić information content (AvgIpc) is 2.36. The first-order valence-electron chi connectivity index (χ1n) is 4.96. The van der Waals surface area contributed by atoms with Crippen LogP contribution in [0.3, 0.4) is 0 Å². The number of pyridine rings is 1. The van der Waals surface area contributed by atoms with Gasteiger partial charge in [0.05, 0.1) is 5.56 Å². The zero-order valence-corrected chi connectivity index (χ0v) is 9.77. The zero-order valence-electron chi connectivity index (χ0n) is 9.77. The Morgan fingerprint density at radius 2 is 2.29 bits per heavy atom. The number of carbonyl (C=O) groups excluding carboxylic acids is 1. The van der Waals surface area contributed by atoms with Gasteiger partial charge in [0.2, 0.25) is 0 Å². The lowest BCUT2D eigenvalue weighted by Crippen LogP contribution is -2.20. The number of carbonyl (C=O) groups is 1. The number of allylic oxidation sites excluding steroid dienone is 1. The summed E-state index contributed by atoms with van der Waals surface area (Å²) in [4.78, 5) is 19.4. The molecular formula is C11H15N5O. The second-order valence-electron chi connectivity index (χ2n) is 3.25. The number of anilines is 1. The van der Waals surface area contributed by atoms with E-state index in [1.807, 2.05) is 0 Å². The number of nitrogen functional groups attached to an aromatic ring is 1. The van der Waals surface area contributed by atoms with Crippen LogP contribution in [0.4, 0.5) is 5.82 Å². The van der Waals surface area contributed by atoms with Gasteiger partial charge in [-0.25, -0.2) is 4.98 Å². The lowest BCUT2D eigenvalue weighted by Gasteiger charge is -2.06. The van der Waals surface area contributed by atoms with Gasteiger partial charge in [0.15, 0.2) is 0 Å². The summed E-state index contributed by atoms with van der Waals surface area (Å²) in [6, 6.07) is 1.63. The van der Waals surface area contributed by atoms with E-state index in [1.54, 1.807) is 25.5 Å². The molecule has 0 fully saturated rings. The Kier molecular flexibility index (Phi) is 4.21. The van der Waals surface area contributed by atoms with Crippen molar-refractivity contribution in [3.63, 3.8) is 0 Å². The summed E-state index contributed by atoms with van der Waals surface area (Å²) < 4.78 is 0. The Balaban J connectivity index is 3.25. The second-order valence-corrected chi connectivity index (χ2v) is 3.25. The highest BCUT2D eigenvalue weighted by Crippen LogP contribution is 2.16. The standard InChI is InChI=1S/C11H15N5O/c1-14-5-8(4-12)7-3-9(11(17)15-2)10(13)16-6-7/h3-6H,12H2,1-2H3,(H2,13,16)(H,15,17). The molecule has 0 aliphatic rings. The Labute approximate surface area is 99.4 Å². The summed E-state index contributed by atoms with van der Waals surface area (Å²) >= 11 is 0. The molecule has 0 saturated carbocycles. The minimum Gasteiger partial charge on any atom is -0.404 e. The molecular weight excluding hydrogens is 218 g/mol. The number of hydrogen-bond acceptors (Lipinski definition) is 5. The molecule has 1 amide bonds. The van der Waals surface area contributed by atoms with E-state index < -0.39 is 0 Å². The van der Waals surface area contributed by atoms with Crippen LogP contribution in [0, 0.1) is 0 Å². The van der Waals surface area contributed by atoms with Crippen LogP contribution in [-0.2, 0) is 0 Å². The molecule has 0 unspecified atom stereocenters. The van der Waals surface area contributed by atoms with Crippen molar-refractivity contribution < 1.29 is 4.79 Å². The maximum absolute atomic E-state index is 11.5. The van der Waals surface area contributed by atoms with Gasteiger partial charge in [0.1, 0.15) is 5.82 Å². The molecule has 0 atom stereocenters. The number of nitrogens with one attached hydrogen (secondary N) is 1. The van der Waals surface area contributed by atoms with E-state index >= 15 is 0 Å². The highest BCUT2D eigenvalue weighted by Gasteiger charge is 2.11. The summed E-state index contributed by atoms with van der Waals surface area (Å²) in [6.07, 6.45) is 4.52. The van der Waals surface area contributed by atoms with Crippen molar-refractivity contribution in [3.05, 3.63) is 29.6 Å². The smallest absolute Gasteiger partial charge is 0.254 e. The van der Waals surface area contributed by atoms with E-state index in [9.17, 15) is 4.79 Å². The molecule has 0 spiro atoms. The van der Waals surface area contributed by atoms with Crippen LogP contribution in [0.25, 0.3) is 5.57 Å². The first-order valence-corrected chi connectivity index (χ1v) is 4.96. The van der Waals surface area contributed by atoms with Gasteiger partial charge in [-0.15, -0.1) is 0 Å². The summed E-state index contributed by atoms with van der Waals surface area (Å²) in [6.45, 7) is 0. The monoisotopic (exact) mass is 233 g/mol. The first kappa shape index (κ1) is 12.7. The Morgan fingerprint density at radius 1 is 1.59 bits per heavy atom. The number of hydrogen-bond donors (Lipinski definition) is 3. The molecule has 1 aromatic heterocycles. The van der Waals surface area contributed by atoms with E-state index in [1.165, 1.54) is 13.2 Å². The molecule has 1 aromatic rings. The van der Waals surface area contributed by atoms with Crippen LogP contribution in [0.1, 0.15) is 15.9 Å². The maximum atomic E-state index is 11.5. The van der Waals surface area contributed by atoms with Crippen LogP contribution < -0.4 is 16.8 Å². The number of aromatic nitrogens is 1. The van der Waals surface area contributed by atoms with Gasteiger partial charge in [-0.1, -0.05) is 0 Å². The third kappa shape index (κ3) is 2.81. The van der Waals surface area contributed by atoms with Gasteiger partial charge in [0.25, 0.3) is 5.91 Å². The molecule has 0 saturated heterocycles. The molecule has 0 radical (unpaired) electrons. The third-order valence-corrected chi connectivity index (χ3v) is 2.17. The minimum absolute atomic E-state index is 0.179. The topological polar surface area (TPSA) is 106 Å². The van der Waals surface area contributed by atoms with E-state index in [0.29, 0.717) is 16.7 Å². The predicted molar refractivity (Wildman–Crippen MR) is 68.6 cm³/mol. The molecule has 0 aliphatic carbocycles. The van der Waals surface area contributed by atoms with E-state index in [0.717, 1.165) is 0 Å². The number of nitrogens with two attached hydrogens (primary N) is 2. The van der Waals surface area contributed by atoms with Crippen molar-refractivity contribution in [1.29, 1.82) is 0 Å². The predicted octanol–water partition coefficient (Wildman–Crippen LogP) is 0.0236. The van der Waals surface area contributed by atoms with Gasteiger partial charge in [-0.2, -0.15) is 0 Å². The lowest BCUT2D eigenvalue weighted by molar-refractivity contribution is 0.0963. The van der Waals surface area contributed by atoms with Crippen molar-refractivity contribution in [2.45, 2.75) is 0 Å². The molecule has 6 nitrogen and oxygen atoms in total. The SMILES string of the molecule is CN=CC(=CN)c1cnc(N)c(C(=O)NC)c1. The van der Waals surface area contributed by atoms with Crippen LogP contribution in [-0.4, -0.2) is 31.2 Å². The fourth-order valence-electron chi connectivity index (χ4n) is 1.30. The Bertz CT molecular complexity index is 479. The van der Waals surface area contributed by atoms with Gasteiger partial charge >= 0.3 is 0 Å². The fourth-order valence-corrected chi connectivity index (χ4v) is 1.30. The van der Waals surface area contributed by atoms with E-state index in [-0.39, 0.29) is 11.7 Å². The molecule has 1 heterocycles. The molecule has 0 aliphatic heterocycles. The first-order chi connectivity index (χ1) is 8.13. The highest BCUT2D eigenvalue weighted by molar-refractivity contribution is 6.10. The van der Waals surface area contributed by atoms with Crippen molar-refractivity contribution in [2.24, 2.45) is 10.7 Å². The largest absolute Gasteiger partial charge is 0.404 e. The van der Waals surface area contributed by atoms with Crippen molar-refractivity contribution in [2.75, 3.05) is 19.8 Å². The molecule has 6 heteroatoms. The Morgan fingerprint density at radius 3 is 2.82 bits per heavy atom. The summed E-state index contributed by atoms with van der Waals surface area (Å²) in [5.41, 5.74) is 12.8. The van der Waals surface area contributed by atoms with Crippen LogP contribution >= 0.6 is 0 Å². The molecule has 0 bridgehead atoms. The summed E-state index contributed by atoms with van der Waals surface area (Å²) in [7, 11) is 3.16. The molecule has 0 aromatic carbocycles. The zero-order chi connectivity index (χ0) is 12.8. The van der Waals surface area contributed by atoms with E-state index in [2.05, 4.69) is 15.3 Å². The lowest BCUT2D eigenvalue weighted by atomic mass is 10.1. The van der Waals surface area contributed by atoms with Gasteiger partial charge in [-0.05, 0) is 6.07 Å². The fraction of sp³-hybridized carbons (Fsp3) is 0.182. The molecule has 17 heavy (non-hydrogen) atoms. The second kappa shape index (κ2) is 5.64. The summed E-state index contributed by atoms with van der Waals surface area (Å²) in [5, 5.41) is 2.49. The average molecular weight is 233 g/mol. The minimum atomic E-state index is -0.290.